The largest absolute Gasteiger partial charge is 0.478 e. The van der Waals surface area contributed by atoms with Gasteiger partial charge in [-0.3, -0.25) is 4.79 Å². The van der Waals surface area contributed by atoms with Crippen LogP contribution in [0.5, 0.6) is 0 Å². The Balaban J connectivity index is 1.40. The van der Waals surface area contributed by atoms with Crippen molar-refractivity contribution in [1.29, 1.82) is 0 Å². The molecule has 0 spiro atoms. The highest BCUT2D eigenvalue weighted by Gasteiger charge is 2.24. The van der Waals surface area contributed by atoms with Crippen LogP contribution < -0.4 is 5.32 Å². The molecule has 1 aromatic heterocycles. The number of aromatic carboxylic acids is 1. The highest BCUT2D eigenvalue weighted by atomic mass is 19.1. The fraction of sp³-hybridized carbons (Fsp3) is 0.0882. The Morgan fingerprint density at radius 1 is 0.878 bits per heavy atom. The Morgan fingerprint density at radius 3 is 2.34 bits per heavy atom. The van der Waals surface area contributed by atoms with Crippen molar-refractivity contribution < 1.29 is 23.6 Å². The summed E-state index contributed by atoms with van der Waals surface area (Å²) in [5.74, 6) is -1.88. The van der Waals surface area contributed by atoms with Gasteiger partial charge in [0.25, 0.3) is 5.91 Å². The number of carbonyl (C=O) groups is 2. The number of nitrogens with zero attached hydrogens (tertiary/aromatic N) is 1. The minimum Gasteiger partial charge on any atom is -0.478 e. The van der Waals surface area contributed by atoms with E-state index in [0.717, 1.165) is 27.5 Å². The van der Waals surface area contributed by atoms with Crippen molar-refractivity contribution in [2.24, 2.45) is 0 Å². The van der Waals surface area contributed by atoms with Crippen LogP contribution >= 0.6 is 0 Å². The summed E-state index contributed by atoms with van der Waals surface area (Å²) in [5, 5.41) is 19.4. The molecule has 1 amide bonds. The third-order valence-corrected chi connectivity index (χ3v) is 7.36. The van der Waals surface area contributed by atoms with Gasteiger partial charge in [0.1, 0.15) is 5.82 Å². The van der Waals surface area contributed by atoms with Gasteiger partial charge in [-0.15, -0.1) is 0 Å². The molecule has 0 bridgehead atoms. The van der Waals surface area contributed by atoms with E-state index in [1.165, 1.54) is 24.3 Å². The number of aromatic nitrogens is 1. The van der Waals surface area contributed by atoms with Gasteiger partial charge in [-0.1, -0.05) is 78.8 Å². The van der Waals surface area contributed by atoms with Crippen LogP contribution in [0.1, 0.15) is 50.4 Å². The molecule has 0 fully saturated rings. The molecule has 6 rings (SSSR count). The molecule has 0 saturated heterocycles. The lowest BCUT2D eigenvalue weighted by molar-refractivity contribution is 0.0696. The van der Waals surface area contributed by atoms with Gasteiger partial charge in [0.05, 0.1) is 22.2 Å². The first kappa shape index (κ1) is 26.0. The zero-order valence-corrected chi connectivity index (χ0v) is 22.1. The predicted molar refractivity (Wildman–Crippen MR) is 155 cm³/mol. The first-order valence-electron chi connectivity index (χ1n) is 13.2. The van der Waals surface area contributed by atoms with Crippen LogP contribution in [-0.2, 0) is 6.54 Å². The molecule has 2 N–H and O–H groups in total. The van der Waals surface area contributed by atoms with Crippen molar-refractivity contribution in [2.75, 3.05) is 0 Å². The molecule has 1 atom stereocenters. The summed E-state index contributed by atoms with van der Waals surface area (Å²) in [6.07, 6.45) is 0. The number of halogens is 1. The van der Waals surface area contributed by atoms with Crippen LogP contribution in [-0.4, -0.2) is 22.1 Å². The SMILES string of the molecule is C[C@@H](c1ccc2ccccc2c1)c1noc2cc(-c3ccc(F)cc3)cc(C(=O)NCc3ccc(C(=O)O)cc3)c12. The molecular formula is C34H25FN2O4. The summed E-state index contributed by atoms with van der Waals surface area (Å²) >= 11 is 0. The Kier molecular flexibility index (Phi) is 6.77. The van der Waals surface area contributed by atoms with E-state index in [4.69, 9.17) is 9.63 Å². The van der Waals surface area contributed by atoms with Gasteiger partial charge in [0.15, 0.2) is 5.58 Å². The maximum absolute atomic E-state index is 13.7. The smallest absolute Gasteiger partial charge is 0.335 e. The van der Waals surface area contributed by atoms with Gasteiger partial charge in [-0.2, -0.15) is 0 Å². The zero-order chi connectivity index (χ0) is 28.5. The number of rotatable bonds is 7. The minimum absolute atomic E-state index is 0.172. The van der Waals surface area contributed by atoms with Crippen LogP contribution in [0.3, 0.4) is 0 Å². The van der Waals surface area contributed by atoms with E-state index in [1.807, 2.05) is 25.1 Å². The molecule has 202 valence electrons. The fourth-order valence-electron chi connectivity index (χ4n) is 5.06. The number of carboxylic acids is 1. The number of hydrogen-bond donors (Lipinski definition) is 2. The number of fused-ring (bicyclic) bond motifs is 2. The number of benzene rings is 5. The first-order valence-corrected chi connectivity index (χ1v) is 13.2. The van der Waals surface area contributed by atoms with E-state index < -0.39 is 5.97 Å². The lowest BCUT2D eigenvalue weighted by Gasteiger charge is -2.13. The molecule has 41 heavy (non-hydrogen) atoms. The molecule has 0 aliphatic carbocycles. The monoisotopic (exact) mass is 544 g/mol. The molecule has 0 unspecified atom stereocenters. The number of carbonyl (C=O) groups excluding carboxylic acids is 1. The first-order chi connectivity index (χ1) is 19.9. The van der Waals surface area contributed by atoms with Gasteiger partial charge in [0.2, 0.25) is 0 Å². The van der Waals surface area contributed by atoms with E-state index in [-0.39, 0.29) is 29.8 Å². The van der Waals surface area contributed by atoms with Crippen LogP contribution in [0, 0.1) is 5.82 Å². The van der Waals surface area contributed by atoms with Gasteiger partial charge >= 0.3 is 5.97 Å². The number of carboxylic acid groups (broad SMARTS) is 1. The Bertz CT molecular complexity index is 1910. The summed E-state index contributed by atoms with van der Waals surface area (Å²) < 4.78 is 19.4. The molecular weight excluding hydrogens is 519 g/mol. The van der Waals surface area contributed by atoms with Gasteiger partial charge in [0, 0.05) is 12.5 Å². The average Bonchev–Trinajstić information content (AvgIpc) is 3.43. The van der Waals surface area contributed by atoms with Gasteiger partial charge in [-0.25, -0.2) is 9.18 Å². The normalized spacial score (nSPS) is 12.0. The standard InChI is InChI=1S/C34H25FN2O4/c1-20(25-11-10-22-4-2-3-5-26(22)16-25)32-31-29(33(38)36-19-21-6-8-24(9-7-21)34(39)40)17-27(18-30(31)41-37-32)23-12-14-28(35)15-13-23/h2-18,20H,19H2,1H3,(H,36,38)(H,39,40)/t20-/m0/s1. The van der Waals surface area contributed by atoms with Crippen molar-refractivity contribution in [3.05, 3.63) is 137 Å². The number of amides is 1. The van der Waals surface area contributed by atoms with E-state index >= 15 is 0 Å². The van der Waals surface area contributed by atoms with Crippen LogP contribution in [0.15, 0.2) is 108 Å². The second-order valence-corrected chi connectivity index (χ2v) is 9.98. The topological polar surface area (TPSA) is 92.4 Å². The zero-order valence-electron chi connectivity index (χ0n) is 22.1. The van der Waals surface area contributed by atoms with Crippen molar-refractivity contribution >= 4 is 33.6 Å². The number of hydrogen-bond acceptors (Lipinski definition) is 4. The van der Waals surface area contributed by atoms with Crippen LogP contribution in [0.2, 0.25) is 0 Å². The molecule has 0 radical (unpaired) electrons. The molecule has 6 aromatic rings. The molecule has 1 heterocycles. The number of nitrogens with one attached hydrogen (secondary N) is 1. The van der Waals surface area contributed by atoms with Crippen molar-refractivity contribution in [3.63, 3.8) is 0 Å². The lowest BCUT2D eigenvalue weighted by atomic mass is 9.91. The highest BCUT2D eigenvalue weighted by Crippen LogP contribution is 2.36. The predicted octanol–water partition coefficient (Wildman–Crippen LogP) is 7.57. The lowest BCUT2D eigenvalue weighted by Crippen LogP contribution is -2.23. The van der Waals surface area contributed by atoms with Crippen molar-refractivity contribution in [2.45, 2.75) is 19.4 Å². The maximum Gasteiger partial charge on any atom is 0.335 e. The molecule has 6 nitrogen and oxygen atoms in total. The van der Waals surface area contributed by atoms with E-state index in [1.54, 1.807) is 30.3 Å². The van der Waals surface area contributed by atoms with E-state index in [9.17, 15) is 14.0 Å². The molecule has 0 aliphatic heterocycles. The van der Waals surface area contributed by atoms with Crippen LogP contribution in [0.4, 0.5) is 4.39 Å². The summed E-state index contributed by atoms with van der Waals surface area (Å²) in [5.41, 5.74) is 4.85. The second kappa shape index (κ2) is 10.7. The van der Waals surface area contributed by atoms with E-state index in [2.05, 4.69) is 40.8 Å². The fourth-order valence-corrected chi connectivity index (χ4v) is 5.06. The minimum atomic E-state index is -1.01. The Hall–Kier alpha value is -5.30. The average molecular weight is 545 g/mol. The van der Waals surface area contributed by atoms with Crippen LogP contribution in [0.25, 0.3) is 32.9 Å². The van der Waals surface area contributed by atoms with Crippen molar-refractivity contribution in [3.8, 4) is 11.1 Å². The highest BCUT2D eigenvalue weighted by molar-refractivity contribution is 6.08. The van der Waals surface area contributed by atoms with Gasteiger partial charge < -0.3 is 14.9 Å². The molecule has 0 saturated carbocycles. The molecule has 5 aromatic carbocycles. The molecule has 0 aliphatic rings. The summed E-state index contributed by atoms with van der Waals surface area (Å²) in [7, 11) is 0. The summed E-state index contributed by atoms with van der Waals surface area (Å²) in [6.45, 7) is 2.23. The summed E-state index contributed by atoms with van der Waals surface area (Å²) in [4.78, 5) is 24.9. The third-order valence-electron chi connectivity index (χ3n) is 7.36. The maximum atomic E-state index is 13.7. The third kappa shape index (κ3) is 5.17. The van der Waals surface area contributed by atoms with Crippen molar-refractivity contribution in [1.82, 2.24) is 10.5 Å². The second-order valence-electron chi connectivity index (χ2n) is 9.98. The molecule has 7 heteroatoms. The Morgan fingerprint density at radius 2 is 1.61 bits per heavy atom. The Labute approximate surface area is 235 Å². The van der Waals surface area contributed by atoms with Gasteiger partial charge in [-0.05, 0) is 69.4 Å². The quantitative estimate of drug-likeness (QED) is 0.216. The van der Waals surface area contributed by atoms with E-state index in [0.29, 0.717) is 27.8 Å². The summed E-state index contributed by atoms with van der Waals surface area (Å²) in [6, 6.07) is 30.3.